The van der Waals surface area contributed by atoms with Crippen molar-refractivity contribution in [2.75, 3.05) is 0 Å². The van der Waals surface area contributed by atoms with Crippen molar-refractivity contribution in [3.8, 4) is 11.3 Å². The molecule has 0 unspecified atom stereocenters. The first kappa shape index (κ1) is 11.5. The van der Waals surface area contributed by atoms with Gasteiger partial charge in [-0.05, 0) is 24.0 Å². The molecule has 0 aliphatic carbocycles. The fourth-order valence-corrected chi connectivity index (χ4v) is 2.58. The summed E-state index contributed by atoms with van der Waals surface area (Å²) in [6.45, 7) is 5.03. The van der Waals surface area contributed by atoms with E-state index in [9.17, 15) is 4.39 Å². The van der Waals surface area contributed by atoms with Crippen LogP contribution in [-0.2, 0) is 13.0 Å². The molecule has 0 saturated carbocycles. The number of halogens is 1. The van der Waals surface area contributed by atoms with Gasteiger partial charge in [-0.3, -0.25) is 0 Å². The Morgan fingerprint density at radius 2 is 2.17 bits per heavy atom. The van der Waals surface area contributed by atoms with Crippen molar-refractivity contribution in [2.24, 2.45) is 0 Å². The Balaban J connectivity index is 2.08. The van der Waals surface area contributed by atoms with E-state index in [1.165, 1.54) is 0 Å². The highest BCUT2D eigenvalue weighted by atomic mass is 19.1. The van der Waals surface area contributed by atoms with E-state index in [2.05, 4.69) is 9.55 Å². The van der Waals surface area contributed by atoms with Crippen molar-refractivity contribution in [1.82, 2.24) is 9.55 Å². The van der Waals surface area contributed by atoms with Crippen LogP contribution in [0, 0.1) is 5.82 Å². The summed E-state index contributed by atoms with van der Waals surface area (Å²) in [6.07, 6.45) is 4.13. The highest BCUT2D eigenvalue weighted by molar-refractivity contribution is 5.61. The lowest BCUT2D eigenvalue weighted by Crippen LogP contribution is -1.96. The molecule has 18 heavy (non-hydrogen) atoms. The summed E-state index contributed by atoms with van der Waals surface area (Å²) in [5, 5.41) is 0. The van der Waals surface area contributed by atoms with E-state index in [0.717, 1.165) is 36.5 Å². The third-order valence-corrected chi connectivity index (χ3v) is 3.59. The zero-order chi connectivity index (χ0) is 12.7. The van der Waals surface area contributed by atoms with Gasteiger partial charge in [-0.1, -0.05) is 26.0 Å². The highest BCUT2D eigenvalue weighted by Crippen LogP contribution is 2.29. The maximum Gasteiger partial charge on any atom is 0.136 e. The third-order valence-electron chi connectivity index (χ3n) is 3.59. The topological polar surface area (TPSA) is 17.8 Å². The number of nitrogens with zero attached hydrogens (tertiary/aromatic N) is 2. The second-order valence-corrected chi connectivity index (χ2v) is 5.20. The lowest BCUT2D eigenvalue weighted by atomic mass is 9.99. The monoisotopic (exact) mass is 244 g/mol. The van der Waals surface area contributed by atoms with Crippen LogP contribution in [0.15, 0.2) is 24.4 Å². The van der Waals surface area contributed by atoms with E-state index in [4.69, 9.17) is 0 Å². The zero-order valence-corrected chi connectivity index (χ0v) is 10.8. The Morgan fingerprint density at radius 3 is 2.89 bits per heavy atom. The largest absolute Gasteiger partial charge is 0.334 e. The van der Waals surface area contributed by atoms with Gasteiger partial charge in [0.15, 0.2) is 0 Å². The smallest absolute Gasteiger partial charge is 0.136 e. The number of aromatic nitrogens is 2. The van der Waals surface area contributed by atoms with Gasteiger partial charge in [0.25, 0.3) is 0 Å². The van der Waals surface area contributed by atoms with Crippen LogP contribution in [-0.4, -0.2) is 9.55 Å². The zero-order valence-electron chi connectivity index (χ0n) is 10.8. The fraction of sp³-hybridized carbons (Fsp3) is 0.400. The summed E-state index contributed by atoms with van der Waals surface area (Å²) >= 11 is 0. The average Bonchev–Trinajstić information content (AvgIpc) is 2.89. The number of hydrogen-bond acceptors (Lipinski definition) is 1. The second-order valence-electron chi connectivity index (χ2n) is 5.20. The normalized spacial score (nSPS) is 14.2. The van der Waals surface area contributed by atoms with E-state index in [0.29, 0.717) is 5.56 Å². The molecule has 1 aliphatic heterocycles. The molecule has 0 spiro atoms. The highest BCUT2D eigenvalue weighted by Gasteiger charge is 2.18. The van der Waals surface area contributed by atoms with E-state index in [-0.39, 0.29) is 11.7 Å². The maximum absolute atomic E-state index is 14.4. The molecule has 0 radical (unpaired) electrons. The Hall–Kier alpha value is -1.64. The van der Waals surface area contributed by atoms with Gasteiger partial charge >= 0.3 is 0 Å². The van der Waals surface area contributed by atoms with Crippen molar-refractivity contribution < 1.29 is 4.39 Å². The molecule has 0 saturated heterocycles. The van der Waals surface area contributed by atoms with Gasteiger partial charge in [0, 0.05) is 24.7 Å². The molecule has 94 valence electrons. The summed E-state index contributed by atoms with van der Waals surface area (Å²) in [5.74, 6) is 1.16. The van der Waals surface area contributed by atoms with Gasteiger partial charge in [0.1, 0.15) is 11.6 Å². The molecule has 1 aromatic carbocycles. The van der Waals surface area contributed by atoms with Crippen LogP contribution in [0.1, 0.15) is 37.6 Å². The molecule has 0 atom stereocenters. The van der Waals surface area contributed by atoms with Crippen LogP contribution in [0.4, 0.5) is 4.39 Å². The Bertz CT molecular complexity index is 563. The lowest BCUT2D eigenvalue weighted by Gasteiger charge is -2.09. The van der Waals surface area contributed by atoms with Gasteiger partial charge in [-0.15, -0.1) is 0 Å². The molecule has 0 bridgehead atoms. The van der Waals surface area contributed by atoms with Crippen molar-refractivity contribution >= 4 is 0 Å². The van der Waals surface area contributed by atoms with E-state index >= 15 is 0 Å². The fourth-order valence-electron chi connectivity index (χ4n) is 2.58. The molecule has 1 aromatic heterocycles. The molecule has 1 aliphatic rings. The molecule has 3 heteroatoms. The maximum atomic E-state index is 14.4. The van der Waals surface area contributed by atoms with E-state index in [1.54, 1.807) is 0 Å². The summed E-state index contributed by atoms with van der Waals surface area (Å²) in [7, 11) is 0. The molecule has 2 heterocycles. The van der Waals surface area contributed by atoms with Crippen molar-refractivity contribution in [3.05, 3.63) is 41.6 Å². The minimum Gasteiger partial charge on any atom is -0.334 e. The summed E-state index contributed by atoms with van der Waals surface area (Å²) in [6, 6.07) is 5.59. The number of benzene rings is 1. The summed E-state index contributed by atoms with van der Waals surface area (Å²) in [5.41, 5.74) is 2.16. The minimum atomic E-state index is -0.121. The first-order valence-electron chi connectivity index (χ1n) is 6.51. The first-order valence-corrected chi connectivity index (χ1v) is 6.51. The second kappa shape index (κ2) is 4.23. The van der Waals surface area contributed by atoms with Gasteiger partial charge < -0.3 is 4.57 Å². The van der Waals surface area contributed by atoms with Crippen LogP contribution in [0.25, 0.3) is 11.3 Å². The first-order chi connectivity index (χ1) is 8.66. The summed E-state index contributed by atoms with van der Waals surface area (Å²) in [4.78, 5) is 4.55. The molecule has 2 nitrogen and oxygen atoms in total. The molecule has 0 amide bonds. The van der Waals surface area contributed by atoms with Crippen molar-refractivity contribution in [2.45, 2.75) is 39.2 Å². The van der Waals surface area contributed by atoms with Crippen LogP contribution in [0.3, 0.4) is 0 Å². The van der Waals surface area contributed by atoms with E-state index < -0.39 is 0 Å². The average molecular weight is 244 g/mol. The van der Waals surface area contributed by atoms with Gasteiger partial charge in [0.05, 0.1) is 5.69 Å². The Kier molecular flexibility index (Phi) is 2.69. The summed E-state index contributed by atoms with van der Waals surface area (Å²) < 4.78 is 16.6. The quantitative estimate of drug-likeness (QED) is 0.786. The van der Waals surface area contributed by atoms with Gasteiger partial charge in [-0.2, -0.15) is 0 Å². The Labute approximate surface area is 106 Å². The number of fused-ring (bicyclic) bond motifs is 1. The van der Waals surface area contributed by atoms with E-state index in [1.807, 2.05) is 38.2 Å². The minimum absolute atomic E-state index is 0.121. The third kappa shape index (κ3) is 1.74. The standard InChI is InChI=1S/C15H17FN2/c1-10(2)11-5-3-6-12(15(11)16)13-9-18-8-4-7-14(18)17-13/h3,5-6,9-10H,4,7-8H2,1-2H3. The molecule has 0 N–H and O–H groups in total. The van der Waals surface area contributed by atoms with Gasteiger partial charge in [0.2, 0.25) is 0 Å². The van der Waals surface area contributed by atoms with Crippen LogP contribution < -0.4 is 0 Å². The number of rotatable bonds is 2. The molecule has 2 aromatic rings. The Morgan fingerprint density at radius 1 is 1.33 bits per heavy atom. The molecule has 0 fully saturated rings. The van der Waals surface area contributed by atoms with Crippen LogP contribution >= 0.6 is 0 Å². The van der Waals surface area contributed by atoms with Crippen molar-refractivity contribution in [3.63, 3.8) is 0 Å². The van der Waals surface area contributed by atoms with Crippen molar-refractivity contribution in [1.29, 1.82) is 0 Å². The lowest BCUT2D eigenvalue weighted by molar-refractivity contribution is 0.601. The van der Waals surface area contributed by atoms with Gasteiger partial charge in [-0.25, -0.2) is 9.37 Å². The molecular weight excluding hydrogens is 227 g/mol. The number of aryl methyl sites for hydroxylation is 2. The number of hydrogen-bond donors (Lipinski definition) is 0. The molecular formula is C15H17FN2. The van der Waals surface area contributed by atoms with Crippen LogP contribution in [0.2, 0.25) is 0 Å². The molecule has 3 rings (SSSR count). The predicted molar refractivity (Wildman–Crippen MR) is 70.0 cm³/mol. The predicted octanol–water partition coefficient (Wildman–Crippen LogP) is 3.76. The SMILES string of the molecule is CC(C)c1cccc(-c2cn3c(n2)CCC3)c1F. The number of imidazole rings is 1. The van der Waals surface area contributed by atoms with Crippen LogP contribution in [0.5, 0.6) is 0 Å².